The van der Waals surface area contributed by atoms with Gasteiger partial charge in [0.25, 0.3) is 5.89 Å². The summed E-state index contributed by atoms with van der Waals surface area (Å²) in [7, 11) is 0. The molecule has 10 nitrogen and oxygen atoms in total. The second kappa shape index (κ2) is 12.5. The Morgan fingerprint density at radius 3 is 2.90 bits per heavy atom. The summed E-state index contributed by atoms with van der Waals surface area (Å²) < 4.78 is 11.4. The molecule has 11 heteroatoms. The molecule has 3 aliphatic rings. The fraction of sp³-hybridized carbons (Fsp3) is 0.516. The Balaban J connectivity index is 1.46. The van der Waals surface area contributed by atoms with Gasteiger partial charge in [-0.25, -0.2) is 24.9 Å². The van der Waals surface area contributed by atoms with Crippen molar-refractivity contribution >= 4 is 29.3 Å². The van der Waals surface area contributed by atoms with E-state index >= 15 is 0 Å². The van der Waals surface area contributed by atoms with Crippen LogP contribution in [0, 0.1) is 5.92 Å². The molecule has 1 aliphatic carbocycles. The van der Waals surface area contributed by atoms with Crippen molar-refractivity contribution in [2.45, 2.75) is 83.1 Å². The van der Waals surface area contributed by atoms with Crippen LogP contribution in [0.25, 0.3) is 23.0 Å². The van der Waals surface area contributed by atoms with Crippen LogP contribution in [0.4, 0.5) is 11.5 Å². The van der Waals surface area contributed by atoms with E-state index in [2.05, 4.69) is 40.4 Å². The lowest BCUT2D eigenvalue weighted by Gasteiger charge is -2.49. The Morgan fingerprint density at radius 1 is 1.24 bits per heavy atom. The average molecular weight is 592 g/mol. The molecule has 42 heavy (non-hydrogen) atoms. The van der Waals surface area contributed by atoms with E-state index in [4.69, 9.17) is 35.7 Å². The van der Waals surface area contributed by atoms with Crippen molar-refractivity contribution in [3.63, 3.8) is 0 Å². The fourth-order valence-electron chi connectivity index (χ4n) is 6.68. The number of aromatic amines is 1. The van der Waals surface area contributed by atoms with Gasteiger partial charge in [-0.3, -0.25) is 4.90 Å². The van der Waals surface area contributed by atoms with E-state index in [0.29, 0.717) is 35.1 Å². The van der Waals surface area contributed by atoms with Gasteiger partial charge in [-0.1, -0.05) is 49.6 Å². The van der Waals surface area contributed by atoms with Crippen molar-refractivity contribution in [3.05, 3.63) is 52.5 Å². The maximum atomic E-state index is 11.8. The number of hydrogen-bond acceptors (Lipinski definition) is 9. The second-order valence-electron chi connectivity index (χ2n) is 11.7. The van der Waals surface area contributed by atoms with Gasteiger partial charge in [0.2, 0.25) is 5.82 Å². The molecule has 6 rings (SSSR count). The number of allylic oxidation sites excluding steroid dienone is 1. The molecule has 4 unspecified atom stereocenters. The van der Waals surface area contributed by atoms with Gasteiger partial charge in [-0.05, 0) is 57.1 Å². The largest absolute Gasteiger partial charge is 0.434 e. The molecule has 0 bridgehead atoms. The number of nitrogens with zero attached hydrogens (tertiary/aromatic N) is 6. The van der Waals surface area contributed by atoms with Gasteiger partial charge in [0.05, 0.1) is 12.7 Å². The minimum atomic E-state index is -0.668. The highest BCUT2D eigenvalue weighted by Gasteiger charge is 2.44. The highest BCUT2D eigenvalue weighted by Crippen LogP contribution is 2.44. The Labute approximate surface area is 250 Å². The number of H-pyrrole nitrogens is 1. The third-order valence-corrected chi connectivity index (χ3v) is 8.93. The highest BCUT2D eigenvalue weighted by molar-refractivity contribution is 6.30. The number of hydrogen-bond donors (Lipinski definition) is 1. The number of benzene rings is 1. The Hall–Kier alpha value is -3.34. The normalized spacial score (nSPS) is 23.4. The molecule has 1 aromatic carbocycles. The number of rotatable bonds is 10. The highest BCUT2D eigenvalue weighted by atomic mass is 35.5. The minimum absolute atomic E-state index is 0.0150. The van der Waals surface area contributed by atoms with Gasteiger partial charge in [-0.2, -0.15) is 0 Å². The average Bonchev–Trinajstić information content (AvgIpc) is 3.65. The minimum Gasteiger partial charge on any atom is -0.384 e. The summed E-state index contributed by atoms with van der Waals surface area (Å²) in [5, 5.41) is 6.90. The monoisotopic (exact) mass is 591 g/mol. The quantitative estimate of drug-likeness (QED) is 0.285. The van der Waals surface area contributed by atoms with Crippen molar-refractivity contribution < 1.29 is 9.15 Å². The number of aliphatic imine (C=N–C) groups is 1. The van der Waals surface area contributed by atoms with Gasteiger partial charge in [0.15, 0.2) is 5.82 Å². The first-order valence-corrected chi connectivity index (χ1v) is 15.4. The number of morpholine rings is 1. The van der Waals surface area contributed by atoms with Crippen LogP contribution in [-0.2, 0) is 4.74 Å². The first-order chi connectivity index (χ1) is 20.4. The van der Waals surface area contributed by atoms with E-state index in [1.807, 2.05) is 36.6 Å². The molecular formula is C31H38ClN7O3. The van der Waals surface area contributed by atoms with Crippen LogP contribution in [0.5, 0.6) is 0 Å². The Kier molecular flexibility index (Phi) is 8.55. The number of halogens is 1. The standard InChI is InChI=1S/C31H38ClN7O3/c1-4-8-19(2)9-5-10-20(3)39-25(38-15-16-41-24-14-7-13-23(24)38)18-33-28-27(39)26(21-11-6-12-22(32)17-21)34-29(35-28)30-36-37-31(40)42-30/h4,6,11-12,17-20,23-25H,1,5,7-10,13-16H2,2-3H3,(H,37,40)/t19-,20?,23?,24?,25?/m0/s1. The van der Waals surface area contributed by atoms with E-state index in [1.165, 1.54) is 0 Å². The van der Waals surface area contributed by atoms with E-state index in [9.17, 15) is 4.79 Å². The SMILES string of the molecule is C=CC[C@H](C)CCCC(C)N1c2c(nc(-c3n[nH]c(=O)o3)nc2-c2cccc(Cl)c2)N=CC1N1CCOC2CCCC21. The third kappa shape index (κ3) is 5.80. The summed E-state index contributed by atoms with van der Waals surface area (Å²) >= 11 is 6.48. The summed E-state index contributed by atoms with van der Waals surface area (Å²) in [5.74, 6) is 0.640. The van der Waals surface area contributed by atoms with Gasteiger partial charge in [0.1, 0.15) is 17.5 Å². The number of nitrogens with one attached hydrogen (secondary N) is 1. The second-order valence-corrected chi connectivity index (χ2v) is 12.1. The first-order valence-electron chi connectivity index (χ1n) is 15.0. The van der Waals surface area contributed by atoms with Crippen molar-refractivity contribution in [1.82, 2.24) is 25.1 Å². The molecule has 5 atom stereocenters. The molecular weight excluding hydrogens is 554 g/mol. The van der Waals surface area contributed by atoms with Crippen LogP contribution in [-0.4, -0.2) is 68.8 Å². The number of aromatic nitrogens is 4. The lowest BCUT2D eigenvalue weighted by Crippen LogP contribution is -2.61. The summed E-state index contributed by atoms with van der Waals surface area (Å²) in [4.78, 5) is 31.4. The van der Waals surface area contributed by atoms with Crippen molar-refractivity contribution in [3.8, 4) is 23.0 Å². The molecule has 2 aromatic heterocycles. The molecule has 0 amide bonds. The van der Waals surface area contributed by atoms with Gasteiger partial charge in [0, 0.05) is 35.4 Å². The predicted molar refractivity (Wildman–Crippen MR) is 164 cm³/mol. The van der Waals surface area contributed by atoms with Gasteiger partial charge in [-0.15, -0.1) is 11.7 Å². The lowest BCUT2D eigenvalue weighted by atomic mass is 9.97. The summed E-state index contributed by atoms with van der Waals surface area (Å²) in [6.07, 6.45) is 11.8. The fourth-order valence-corrected chi connectivity index (χ4v) is 6.87. The van der Waals surface area contributed by atoms with E-state index in [1.54, 1.807) is 0 Å². The van der Waals surface area contributed by atoms with Crippen LogP contribution in [0.15, 0.2) is 51.1 Å². The van der Waals surface area contributed by atoms with Crippen molar-refractivity contribution in [2.75, 3.05) is 18.1 Å². The molecule has 0 spiro atoms. The van der Waals surface area contributed by atoms with Crippen LogP contribution in [0.3, 0.4) is 0 Å². The Bertz CT molecular complexity index is 1500. The van der Waals surface area contributed by atoms with Crippen LogP contribution in [0.2, 0.25) is 5.02 Å². The van der Waals surface area contributed by atoms with Crippen molar-refractivity contribution in [2.24, 2.45) is 10.9 Å². The summed E-state index contributed by atoms with van der Waals surface area (Å²) in [5.41, 5.74) is 2.35. The molecule has 222 valence electrons. The van der Waals surface area contributed by atoms with Crippen LogP contribution >= 0.6 is 11.6 Å². The third-order valence-electron chi connectivity index (χ3n) is 8.69. The number of ether oxygens (including phenoxy) is 1. The van der Waals surface area contributed by atoms with E-state index in [-0.39, 0.29) is 30.0 Å². The Morgan fingerprint density at radius 2 is 2.12 bits per heavy atom. The van der Waals surface area contributed by atoms with Crippen LogP contribution in [0.1, 0.15) is 58.8 Å². The molecule has 4 heterocycles. The van der Waals surface area contributed by atoms with Crippen LogP contribution < -0.4 is 10.7 Å². The zero-order valence-corrected chi connectivity index (χ0v) is 25.0. The molecule has 3 aromatic rings. The summed E-state index contributed by atoms with van der Waals surface area (Å²) in [6.45, 7) is 10.0. The van der Waals surface area contributed by atoms with Crippen molar-refractivity contribution in [1.29, 1.82) is 0 Å². The summed E-state index contributed by atoms with van der Waals surface area (Å²) in [6, 6.07) is 8.12. The first kappa shape index (κ1) is 28.8. The lowest BCUT2D eigenvalue weighted by molar-refractivity contribution is -0.0630. The zero-order valence-electron chi connectivity index (χ0n) is 24.2. The van der Waals surface area contributed by atoms with E-state index in [0.717, 1.165) is 62.7 Å². The molecule has 2 fully saturated rings. The molecule has 0 radical (unpaired) electrons. The van der Waals surface area contributed by atoms with Gasteiger partial charge >= 0.3 is 5.76 Å². The maximum absolute atomic E-state index is 11.8. The smallest absolute Gasteiger partial charge is 0.384 e. The number of anilines is 1. The predicted octanol–water partition coefficient (Wildman–Crippen LogP) is 6.01. The van der Waals surface area contributed by atoms with Gasteiger partial charge < -0.3 is 14.1 Å². The molecule has 2 aliphatic heterocycles. The number of fused-ring (bicyclic) bond motifs is 2. The molecule has 1 N–H and O–H groups in total. The zero-order chi connectivity index (χ0) is 29.2. The molecule has 1 saturated carbocycles. The molecule has 1 saturated heterocycles. The van der Waals surface area contributed by atoms with E-state index < -0.39 is 5.76 Å². The topological polar surface area (TPSA) is 113 Å². The maximum Gasteiger partial charge on any atom is 0.434 e.